The average Bonchev–Trinajstić information content (AvgIpc) is 2.76. The summed E-state index contributed by atoms with van der Waals surface area (Å²) in [5, 5.41) is 2.98. The van der Waals surface area contributed by atoms with Crippen LogP contribution >= 0.6 is 0 Å². The van der Waals surface area contributed by atoms with Gasteiger partial charge >= 0.3 is 0 Å². The number of likely N-dealkylation sites (tertiary alicyclic amines) is 1. The minimum Gasteiger partial charge on any atom is -0.494 e. The van der Waals surface area contributed by atoms with Crippen LogP contribution in [0.4, 0.5) is 4.39 Å². The Balaban J connectivity index is 1.37. The Morgan fingerprint density at radius 3 is 2.52 bits per heavy atom. The van der Waals surface area contributed by atoms with Gasteiger partial charge in [0.25, 0.3) is 0 Å². The molecule has 168 valence electrons. The third-order valence-corrected chi connectivity index (χ3v) is 6.75. The molecule has 0 aliphatic carbocycles. The van der Waals surface area contributed by atoms with Gasteiger partial charge in [0.2, 0.25) is 15.9 Å². The molecule has 0 bridgehead atoms. The Morgan fingerprint density at radius 2 is 1.87 bits per heavy atom. The first-order chi connectivity index (χ1) is 14.9. The lowest BCUT2D eigenvalue weighted by Gasteiger charge is -2.32. The van der Waals surface area contributed by atoms with Crippen LogP contribution in [0.1, 0.15) is 24.8 Å². The van der Waals surface area contributed by atoms with Crippen LogP contribution in [0.5, 0.6) is 5.75 Å². The van der Waals surface area contributed by atoms with Crippen LogP contribution in [0.25, 0.3) is 0 Å². The number of benzene rings is 2. The van der Waals surface area contributed by atoms with Crippen LogP contribution in [0.15, 0.2) is 53.4 Å². The van der Waals surface area contributed by atoms with E-state index in [0.717, 1.165) is 31.5 Å². The number of ether oxygens (including phenoxy) is 1. The van der Waals surface area contributed by atoms with Crippen molar-refractivity contribution in [3.8, 4) is 5.75 Å². The highest BCUT2D eigenvalue weighted by atomic mass is 32.2. The van der Waals surface area contributed by atoms with E-state index in [4.69, 9.17) is 4.74 Å². The van der Waals surface area contributed by atoms with Crippen molar-refractivity contribution in [2.45, 2.75) is 36.7 Å². The lowest BCUT2D eigenvalue weighted by atomic mass is 10.0. The summed E-state index contributed by atoms with van der Waals surface area (Å²) in [6.07, 6.45) is 1.66. The summed E-state index contributed by atoms with van der Waals surface area (Å²) < 4.78 is 45.6. The zero-order valence-corrected chi connectivity index (χ0v) is 18.3. The number of nitrogens with one attached hydrogen (secondary N) is 2. The summed E-state index contributed by atoms with van der Waals surface area (Å²) in [6.45, 7) is 2.27. The molecule has 0 atom stereocenters. The van der Waals surface area contributed by atoms with Gasteiger partial charge in [0.15, 0.2) is 11.6 Å². The molecule has 0 spiro atoms. The quantitative estimate of drug-likeness (QED) is 0.613. The van der Waals surface area contributed by atoms with Crippen molar-refractivity contribution in [1.29, 1.82) is 0 Å². The number of rotatable bonds is 9. The second kappa shape index (κ2) is 10.7. The van der Waals surface area contributed by atoms with Crippen LogP contribution in [0, 0.1) is 5.82 Å². The van der Waals surface area contributed by atoms with Crippen LogP contribution in [-0.2, 0) is 21.4 Å². The number of methoxy groups -OCH3 is 1. The first-order valence-electron chi connectivity index (χ1n) is 10.3. The van der Waals surface area contributed by atoms with Gasteiger partial charge in [0.1, 0.15) is 0 Å². The summed E-state index contributed by atoms with van der Waals surface area (Å²) >= 11 is 0. The third-order valence-electron chi connectivity index (χ3n) is 5.27. The van der Waals surface area contributed by atoms with Gasteiger partial charge in [-0.1, -0.05) is 24.3 Å². The molecule has 1 saturated heterocycles. The van der Waals surface area contributed by atoms with Crippen LogP contribution in [0.2, 0.25) is 0 Å². The molecule has 31 heavy (non-hydrogen) atoms. The molecule has 0 unspecified atom stereocenters. The fourth-order valence-electron chi connectivity index (χ4n) is 3.58. The van der Waals surface area contributed by atoms with Gasteiger partial charge in [0.05, 0.1) is 12.0 Å². The molecular formula is C22H28FN3O4S. The van der Waals surface area contributed by atoms with Gasteiger partial charge in [-0.2, -0.15) is 0 Å². The van der Waals surface area contributed by atoms with Gasteiger partial charge in [-0.15, -0.1) is 0 Å². The van der Waals surface area contributed by atoms with Crippen molar-refractivity contribution >= 4 is 15.9 Å². The number of carbonyl (C=O) groups excluding carboxylic acids is 1. The SMILES string of the molecule is COc1ccc(CN2CCC(NC(=O)CCNS(=O)(=O)c3ccccc3)CC2)cc1F. The largest absolute Gasteiger partial charge is 0.494 e. The number of sulfonamides is 1. The zero-order valence-electron chi connectivity index (χ0n) is 17.5. The fourth-order valence-corrected chi connectivity index (χ4v) is 4.64. The standard InChI is InChI=1S/C22H28FN3O4S/c1-30-21-8-7-17(15-20(21)23)16-26-13-10-18(11-14-26)25-22(27)9-12-24-31(28,29)19-5-3-2-4-6-19/h2-8,15,18,24H,9-14,16H2,1H3,(H,25,27). The van der Waals surface area contributed by atoms with Crippen LogP contribution < -0.4 is 14.8 Å². The zero-order chi connectivity index (χ0) is 22.3. The molecule has 0 aromatic heterocycles. The second-order valence-electron chi connectivity index (χ2n) is 7.55. The number of amides is 1. The molecule has 1 heterocycles. The number of hydrogen-bond donors (Lipinski definition) is 2. The molecule has 2 aromatic rings. The maximum Gasteiger partial charge on any atom is 0.240 e. The Morgan fingerprint density at radius 1 is 1.16 bits per heavy atom. The van der Waals surface area contributed by atoms with Gasteiger partial charge in [-0.05, 0) is 42.7 Å². The van der Waals surface area contributed by atoms with Crippen LogP contribution in [0.3, 0.4) is 0 Å². The van der Waals surface area contributed by atoms with Crippen LogP contribution in [-0.4, -0.2) is 52.0 Å². The third kappa shape index (κ3) is 6.75. The van der Waals surface area contributed by atoms with Crippen molar-refractivity contribution < 1.29 is 22.3 Å². The van der Waals surface area contributed by atoms with Gasteiger partial charge < -0.3 is 10.1 Å². The summed E-state index contributed by atoms with van der Waals surface area (Å²) in [7, 11) is -2.16. The lowest BCUT2D eigenvalue weighted by molar-refractivity contribution is -0.121. The Hall–Kier alpha value is -2.49. The predicted molar refractivity (Wildman–Crippen MR) is 116 cm³/mol. The molecule has 2 N–H and O–H groups in total. The molecule has 3 rings (SSSR count). The molecule has 2 aromatic carbocycles. The summed E-state index contributed by atoms with van der Waals surface area (Å²) in [4.78, 5) is 14.6. The molecule has 0 radical (unpaired) electrons. The fraction of sp³-hybridized carbons (Fsp3) is 0.409. The minimum absolute atomic E-state index is 0.0466. The van der Waals surface area contributed by atoms with E-state index in [0.29, 0.717) is 6.54 Å². The number of piperidine rings is 1. The number of nitrogens with zero attached hydrogens (tertiary/aromatic N) is 1. The highest BCUT2D eigenvalue weighted by molar-refractivity contribution is 7.89. The molecule has 9 heteroatoms. The summed E-state index contributed by atoms with van der Waals surface area (Å²) in [5.41, 5.74) is 0.881. The Bertz CT molecular complexity index is 978. The van der Waals surface area contributed by atoms with Crippen molar-refractivity contribution in [2.75, 3.05) is 26.7 Å². The van der Waals surface area contributed by atoms with E-state index < -0.39 is 10.0 Å². The second-order valence-corrected chi connectivity index (χ2v) is 9.31. The predicted octanol–water partition coefficient (Wildman–Crippen LogP) is 2.28. The summed E-state index contributed by atoms with van der Waals surface area (Å²) in [6, 6.07) is 13.1. The lowest BCUT2D eigenvalue weighted by Crippen LogP contribution is -2.45. The van der Waals surface area contributed by atoms with E-state index >= 15 is 0 Å². The van der Waals surface area contributed by atoms with Crippen molar-refractivity contribution in [1.82, 2.24) is 14.9 Å². The molecular weight excluding hydrogens is 421 g/mol. The van der Waals surface area contributed by atoms with Gasteiger partial charge in [0, 0.05) is 38.6 Å². The molecule has 1 aliphatic heterocycles. The molecule has 1 aliphatic rings. The van der Waals surface area contributed by atoms with E-state index in [1.165, 1.54) is 25.3 Å². The normalized spacial score (nSPS) is 15.5. The van der Waals surface area contributed by atoms with E-state index in [1.54, 1.807) is 24.3 Å². The maximum absolute atomic E-state index is 13.8. The van der Waals surface area contributed by atoms with E-state index in [-0.39, 0.29) is 41.4 Å². The number of halogens is 1. The first kappa shape index (κ1) is 23.2. The Labute approximate surface area is 182 Å². The number of carbonyl (C=O) groups is 1. The Kier molecular flexibility index (Phi) is 8.00. The maximum atomic E-state index is 13.8. The van der Waals surface area contributed by atoms with Crippen molar-refractivity contribution in [2.24, 2.45) is 0 Å². The van der Waals surface area contributed by atoms with E-state index in [1.807, 2.05) is 6.07 Å². The van der Waals surface area contributed by atoms with E-state index in [9.17, 15) is 17.6 Å². The highest BCUT2D eigenvalue weighted by Gasteiger charge is 2.21. The molecule has 0 saturated carbocycles. The first-order valence-corrected chi connectivity index (χ1v) is 11.7. The summed E-state index contributed by atoms with van der Waals surface area (Å²) in [5.74, 6) is -0.312. The van der Waals surface area contributed by atoms with Crippen molar-refractivity contribution in [3.05, 3.63) is 59.9 Å². The topological polar surface area (TPSA) is 87.7 Å². The van der Waals surface area contributed by atoms with E-state index in [2.05, 4.69) is 14.9 Å². The monoisotopic (exact) mass is 449 g/mol. The highest BCUT2D eigenvalue weighted by Crippen LogP contribution is 2.20. The molecule has 1 amide bonds. The minimum atomic E-state index is -3.60. The van der Waals surface area contributed by atoms with Gasteiger partial charge in [-0.25, -0.2) is 17.5 Å². The molecule has 7 nitrogen and oxygen atoms in total. The van der Waals surface area contributed by atoms with Gasteiger partial charge in [-0.3, -0.25) is 9.69 Å². The smallest absolute Gasteiger partial charge is 0.240 e. The average molecular weight is 450 g/mol. The van der Waals surface area contributed by atoms with Crippen molar-refractivity contribution in [3.63, 3.8) is 0 Å². The molecule has 1 fully saturated rings. The number of hydrogen-bond acceptors (Lipinski definition) is 5.